The fourth-order valence-electron chi connectivity index (χ4n) is 13.2. The Morgan fingerprint density at radius 3 is 1.41 bits per heavy atom. The molecule has 580 valence electrons. The number of benzene rings is 6. The molecule has 17 aromatic rings. The van der Waals surface area contributed by atoms with Gasteiger partial charge in [0, 0.05) is 177 Å². The number of allylic oxidation sites excluding steroid dienone is 1. The molecule has 6 aromatic carbocycles. The molecule has 11 aromatic heterocycles. The van der Waals surface area contributed by atoms with Crippen molar-refractivity contribution in [3.63, 3.8) is 0 Å². The van der Waals surface area contributed by atoms with E-state index >= 15 is 0 Å². The van der Waals surface area contributed by atoms with Crippen molar-refractivity contribution in [2.24, 2.45) is 0 Å². The Labute approximate surface area is 665 Å². The van der Waals surface area contributed by atoms with E-state index in [0.29, 0.717) is 75.2 Å². The van der Waals surface area contributed by atoms with Crippen molar-refractivity contribution in [2.45, 2.75) is 32.6 Å². The number of anilines is 8. The summed E-state index contributed by atoms with van der Waals surface area (Å²) in [5, 5.41) is 17.9. The summed E-state index contributed by atoms with van der Waals surface area (Å²) in [5.74, 6) is 6.21. The van der Waals surface area contributed by atoms with Gasteiger partial charge in [-0.2, -0.15) is 19.9 Å². The van der Waals surface area contributed by atoms with Crippen LogP contribution in [0.1, 0.15) is 46.8 Å². The van der Waals surface area contributed by atoms with Crippen LogP contribution < -0.4 is 49.7 Å². The van der Waals surface area contributed by atoms with Crippen LogP contribution in [0.4, 0.5) is 46.5 Å². The minimum absolute atomic E-state index is 0.0369. The van der Waals surface area contributed by atoms with Crippen LogP contribution in [-0.4, -0.2) is 135 Å². The molecule has 11 heterocycles. The maximum atomic E-state index is 12.6. The monoisotopic (exact) mass is 1550 g/mol. The highest BCUT2D eigenvalue weighted by Crippen LogP contribution is 2.42. The van der Waals surface area contributed by atoms with Gasteiger partial charge in [-0.3, -0.25) is 18.7 Å². The quantitative estimate of drug-likeness (QED) is 0.0293. The number of nitrogens with one attached hydrogen (secondary N) is 5. The summed E-state index contributed by atoms with van der Waals surface area (Å²) in [6.07, 6.45) is 26.9. The molecule has 5 N–H and O–H groups in total. The lowest BCUT2D eigenvalue weighted by Crippen LogP contribution is -2.06. The zero-order valence-corrected chi connectivity index (χ0v) is 64.5. The number of nitrogens with zero attached hydrogens (tertiary/aromatic N) is 14. The van der Waals surface area contributed by atoms with Crippen molar-refractivity contribution >= 4 is 119 Å². The smallest absolute Gasteiger partial charge is 0.305 e. The number of aryl methyl sites for hydroxylation is 1. The SMILES string of the molecule is C1=Cc2c(cccc2Nc2ncc3ccn(-c4ccccn4)c3n2)C1.CCc1ccc(-n2ccc3cnc(Nc4cc(OC)c(OC)c(OC)c4)nc32)cc1.COC(=O)CCC(=O)c1cccc(-n2ccc3cnc(Nc4cc(OC)c(OC)c(OC)c4)nc32)c1.c1ccc(-n2ccc3cnc(Nc4ccc5[nH]ccc5c4)nc32)nc1. The Kier molecular flexibility index (Phi) is 22.8. The van der Waals surface area contributed by atoms with E-state index in [-0.39, 0.29) is 18.6 Å². The average molecular weight is 1550 g/mol. The van der Waals surface area contributed by atoms with E-state index in [2.05, 4.69) is 143 Å². The summed E-state index contributed by atoms with van der Waals surface area (Å²) >= 11 is 0. The van der Waals surface area contributed by atoms with E-state index < -0.39 is 5.97 Å². The zero-order chi connectivity index (χ0) is 80.0. The lowest BCUT2D eigenvalue weighted by molar-refractivity contribution is -0.140. The van der Waals surface area contributed by atoms with Crippen molar-refractivity contribution in [3.05, 3.63) is 272 Å². The van der Waals surface area contributed by atoms with Gasteiger partial charge in [0.05, 0.1) is 56.2 Å². The number of methoxy groups -OCH3 is 7. The second-order valence-electron chi connectivity index (χ2n) is 26.2. The summed E-state index contributed by atoms with van der Waals surface area (Å²) in [5.41, 5.74) is 13.7. The van der Waals surface area contributed by atoms with Crippen molar-refractivity contribution in [2.75, 3.05) is 71.0 Å². The van der Waals surface area contributed by atoms with Gasteiger partial charge < -0.3 is 68.5 Å². The van der Waals surface area contributed by atoms with Crippen LogP contribution in [0.25, 0.3) is 84.1 Å². The lowest BCUT2D eigenvalue weighted by Gasteiger charge is -2.14. The van der Waals surface area contributed by atoms with E-state index in [0.717, 1.165) is 102 Å². The first-order valence-electron chi connectivity index (χ1n) is 36.9. The van der Waals surface area contributed by atoms with E-state index in [1.54, 1.807) is 97.8 Å². The maximum absolute atomic E-state index is 12.6. The summed E-state index contributed by atoms with van der Waals surface area (Å²) in [6, 6.07) is 56.7. The molecular formula is C88H79N19O9. The van der Waals surface area contributed by atoms with Crippen LogP contribution >= 0.6 is 0 Å². The number of pyridine rings is 2. The van der Waals surface area contributed by atoms with Gasteiger partial charge in [-0.05, 0) is 127 Å². The molecule has 28 nitrogen and oxygen atoms in total. The first-order chi connectivity index (χ1) is 56.9. The lowest BCUT2D eigenvalue weighted by atomic mass is 10.1. The van der Waals surface area contributed by atoms with Crippen molar-refractivity contribution in [3.8, 4) is 57.5 Å². The highest BCUT2D eigenvalue weighted by atomic mass is 16.5. The van der Waals surface area contributed by atoms with Crippen molar-refractivity contribution < 1.29 is 42.7 Å². The number of H-pyrrole nitrogens is 1. The summed E-state index contributed by atoms with van der Waals surface area (Å²) < 4.78 is 44.9. The van der Waals surface area contributed by atoms with Crippen molar-refractivity contribution in [1.29, 1.82) is 0 Å². The Hall–Kier alpha value is -15.5. The fraction of sp³-hybridized carbons (Fsp3) is 0.136. The normalized spacial score (nSPS) is 11.2. The van der Waals surface area contributed by atoms with Gasteiger partial charge in [-0.15, -0.1) is 0 Å². The summed E-state index contributed by atoms with van der Waals surface area (Å²) in [7, 11) is 10.7. The third-order valence-corrected chi connectivity index (χ3v) is 19.1. The van der Waals surface area contributed by atoms with E-state index in [1.807, 2.05) is 154 Å². The van der Waals surface area contributed by atoms with Gasteiger partial charge in [0.15, 0.2) is 40.1 Å². The molecule has 18 rings (SSSR count). The van der Waals surface area contributed by atoms with Gasteiger partial charge in [-0.25, -0.2) is 29.9 Å². The third-order valence-electron chi connectivity index (χ3n) is 19.1. The number of hydrogen-bond donors (Lipinski definition) is 5. The zero-order valence-electron chi connectivity index (χ0n) is 64.5. The topological polar surface area (TPSA) is 311 Å². The number of esters is 1. The maximum Gasteiger partial charge on any atom is 0.305 e. The fourth-order valence-corrected chi connectivity index (χ4v) is 13.2. The number of Topliss-reactive ketones (excluding diaryl/α,β-unsaturated/α-hetero) is 1. The van der Waals surface area contributed by atoms with Gasteiger partial charge in [0.2, 0.25) is 35.3 Å². The molecule has 0 amide bonds. The van der Waals surface area contributed by atoms with Crippen LogP contribution in [0.5, 0.6) is 34.5 Å². The molecular weight excluding hydrogens is 1470 g/mol. The predicted octanol–water partition coefficient (Wildman–Crippen LogP) is 17.2. The number of carbonyl (C=O) groups is 2. The highest BCUT2D eigenvalue weighted by molar-refractivity contribution is 5.98. The number of ketones is 1. The molecule has 0 saturated carbocycles. The Morgan fingerprint density at radius 1 is 0.431 bits per heavy atom. The van der Waals surface area contributed by atoms with Crippen LogP contribution in [0, 0.1) is 0 Å². The van der Waals surface area contributed by atoms with E-state index in [1.165, 1.54) is 23.8 Å². The summed E-state index contributed by atoms with van der Waals surface area (Å²) in [6.45, 7) is 2.15. The van der Waals surface area contributed by atoms with E-state index in [9.17, 15) is 9.59 Å². The average Bonchev–Trinajstić information content (AvgIpc) is 1.63. The largest absolute Gasteiger partial charge is 0.493 e. The number of fused-ring (bicyclic) bond motifs is 6. The molecule has 0 aliphatic heterocycles. The van der Waals surface area contributed by atoms with Crippen LogP contribution in [0.15, 0.2) is 250 Å². The number of aromatic amines is 1. The van der Waals surface area contributed by atoms with Gasteiger partial charge in [-0.1, -0.05) is 67.6 Å². The number of aromatic nitrogens is 15. The Balaban J connectivity index is 0.000000123. The molecule has 28 heteroatoms. The minimum Gasteiger partial charge on any atom is -0.493 e. The second kappa shape index (κ2) is 34.8. The standard InChI is InChI=1S/C26H26N4O6.C23H24N4O3.C20H15N5.C19H14N6/c1-33-21-13-18(14-22(34-2)24(21)36-4)28-26-27-15-17-10-11-30(25(17)29-26)19-7-5-6-16(12-19)20(31)8-9-23(32)35-3;1-5-15-6-8-18(9-7-15)27-11-10-16-14-24-23(26-22(16)27)25-17-12-19(28-2)21(30-4)20(13-17)29-3;1-2-11-21-18(9-1)25-12-10-15-13-22-20(24-19(15)25)23-17-8-4-6-14-5-3-7-16(14)17;1-2-8-21-17(3-1)25-10-7-14-12-22-19(24-18(14)25)23-15-4-5-16-13(11-15)6-9-20-16/h5-7,10-15H,8-9H2,1-4H3,(H,27,28,29);6-14H,5H2,1-4H3,(H,24,25,26);1-4,6-13H,5H2,(H,22,23,24);1-12,20H,(H,22,23,24). The van der Waals surface area contributed by atoms with Crippen LogP contribution in [-0.2, 0) is 22.4 Å². The van der Waals surface area contributed by atoms with Gasteiger partial charge in [0.25, 0.3) is 0 Å². The number of rotatable bonds is 23. The van der Waals surface area contributed by atoms with Gasteiger partial charge >= 0.3 is 5.97 Å². The van der Waals surface area contributed by atoms with Crippen molar-refractivity contribution in [1.82, 2.24) is 73.1 Å². The Morgan fingerprint density at radius 2 is 0.922 bits per heavy atom. The van der Waals surface area contributed by atoms with Crippen LogP contribution in [0.3, 0.4) is 0 Å². The second-order valence-corrected chi connectivity index (χ2v) is 26.2. The molecule has 0 fully saturated rings. The van der Waals surface area contributed by atoms with Crippen LogP contribution in [0.2, 0.25) is 0 Å². The molecule has 0 bridgehead atoms. The van der Waals surface area contributed by atoms with Gasteiger partial charge in [0.1, 0.15) is 22.9 Å². The molecule has 0 spiro atoms. The first kappa shape index (κ1) is 75.9. The predicted molar refractivity (Wildman–Crippen MR) is 449 cm³/mol. The Bertz CT molecular complexity index is 6350. The molecule has 1 aliphatic rings. The molecule has 0 unspecified atom stereocenters. The van der Waals surface area contributed by atoms with E-state index in [4.69, 9.17) is 38.4 Å². The number of hydrogen-bond acceptors (Lipinski definition) is 23. The highest BCUT2D eigenvalue weighted by Gasteiger charge is 2.20. The molecule has 0 saturated heterocycles. The molecule has 0 radical (unpaired) electrons. The summed E-state index contributed by atoms with van der Waals surface area (Å²) in [4.78, 5) is 72.5. The molecule has 116 heavy (non-hydrogen) atoms. The third kappa shape index (κ3) is 16.7. The number of carbonyl (C=O) groups excluding carboxylic acids is 2. The number of ether oxygens (including phenoxy) is 7. The molecule has 1 aliphatic carbocycles. The molecule has 0 atom stereocenters. The first-order valence-corrected chi connectivity index (χ1v) is 36.9. The minimum atomic E-state index is -0.417.